The fourth-order valence-electron chi connectivity index (χ4n) is 5.27. The maximum absolute atomic E-state index is 13.3. The van der Waals surface area contributed by atoms with Gasteiger partial charge in [-0.25, -0.2) is 0 Å². The zero-order valence-electron chi connectivity index (χ0n) is 19.6. The van der Waals surface area contributed by atoms with Crippen molar-refractivity contribution < 1.29 is 9.59 Å². The molecule has 3 atom stereocenters. The van der Waals surface area contributed by atoms with Gasteiger partial charge in [-0.2, -0.15) is 0 Å². The van der Waals surface area contributed by atoms with Crippen LogP contribution >= 0.6 is 11.6 Å². The standard InChI is InChI=1S/C27H34ClN3O2/c1-19-7-5-8-20(2)30(19)17-6-16-29-26(32)25-23-9-3-4-10-24(23)27(33)31(25)18-15-21-11-13-22(28)14-12-21/h3-4,9-14,19-20,25H,5-8,15-18H2,1-2H3,(H,29,32). The maximum Gasteiger partial charge on any atom is 0.255 e. The summed E-state index contributed by atoms with van der Waals surface area (Å²) in [7, 11) is 0. The van der Waals surface area contributed by atoms with Crippen LogP contribution in [0.25, 0.3) is 0 Å². The Morgan fingerprint density at radius 2 is 1.73 bits per heavy atom. The van der Waals surface area contributed by atoms with Gasteiger partial charge in [-0.05, 0) is 68.9 Å². The van der Waals surface area contributed by atoms with Gasteiger partial charge >= 0.3 is 0 Å². The third kappa shape index (κ3) is 5.42. The molecule has 0 aliphatic carbocycles. The second-order valence-corrected chi connectivity index (χ2v) is 9.81. The van der Waals surface area contributed by atoms with Crippen LogP contribution in [-0.2, 0) is 11.2 Å². The van der Waals surface area contributed by atoms with Gasteiger partial charge in [0.15, 0.2) is 0 Å². The third-order valence-electron chi connectivity index (χ3n) is 7.13. The van der Waals surface area contributed by atoms with Gasteiger partial charge in [-0.3, -0.25) is 14.5 Å². The van der Waals surface area contributed by atoms with Crippen molar-refractivity contribution in [1.29, 1.82) is 0 Å². The van der Waals surface area contributed by atoms with Crippen molar-refractivity contribution in [3.8, 4) is 0 Å². The van der Waals surface area contributed by atoms with E-state index in [-0.39, 0.29) is 11.8 Å². The van der Waals surface area contributed by atoms with Gasteiger partial charge < -0.3 is 10.2 Å². The van der Waals surface area contributed by atoms with Crippen LogP contribution in [0.1, 0.15) is 67.1 Å². The van der Waals surface area contributed by atoms with E-state index in [1.165, 1.54) is 19.3 Å². The van der Waals surface area contributed by atoms with Crippen molar-refractivity contribution in [3.63, 3.8) is 0 Å². The Labute approximate surface area is 202 Å². The summed E-state index contributed by atoms with van der Waals surface area (Å²) in [5, 5.41) is 3.80. The van der Waals surface area contributed by atoms with E-state index in [1.807, 2.05) is 48.5 Å². The first-order chi connectivity index (χ1) is 16.0. The summed E-state index contributed by atoms with van der Waals surface area (Å²) in [5.41, 5.74) is 2.52. The van der Waals surface area contributed by atoms with E-state index in [1.54, 1.807) is 4.90 Å². The van der Waals surface area contributed by atoms with Crippen LogP contribution in [0.5, 0.6) is 0 Å². The van der Waals surface area contributed by atoms with Gasteiger partial charge in [0.2, 0.25) is 5.91 Å². The van der Waals surface area contributed by atoms with E-state index in [0.29, 0.717) is 42.2 Å². The largest absolute Gasteiger partial charge is 0.354 e. The molecule has 2 amide bonds. The Balaban J connectivity index is 1.38. The Hall–Kier alpha value is -2.37. The van der Waals surface area contributed by atoms with Gasteiger partial charge in [0, 0.05) is 42.3 Å². The van der Waals surface area contributed by atoms with E-state index in [2.05, 4.69) is 24.1 Å². The number of carbonyl (C=O) groups is 2. The predicted molar refractivity (Wildman–Crippen MR) is 132 cm³/mol. The molecule has 0 bridgehead atoms. The first-order valence-electron chi connectivity index (χ1n) is 12.1. The molecule has 2 aromatic carbocycles. The van der Waals surface area contributed by atoms with Crippen molar-refractivity contribution in [2.24, 2.45) is 0 Å². The highest BCUT2D eigenvalue weighted by Crippen LogP contribution is 2.34. The highest BCUT2D eigenvalue weighted by atomic mass is 35.5. The van der Waals surface area contributed by atoms with Crippen LogP contribution in [-0.4, -0.2) is 53.3 Å². The van der Waals surface area contributed by atoms with Crippen LogP contribution in [0.4, 0.5) is 0 Å². The van der Waals surface area contributed by atoms with Crippen molar-refractivity contribution >= 4 is 23.4 Å². The average molecular weight is 468 g/mol. The highest BCUT2D eigenvalue weighted by molar-refractivity contribution is 6.30. The molecule has 2 aliphatic heterocycles. The topological polar surface area (TPSA) is 52.7 Å². The first-order valence-corrected chi connectivity index (χ1v) is 12.5. The lowest BCUT2D eigenvalue weighted by atomic mass is 9.97. The Bertz CT molecular complexity index is 968. The fraction of sp³-hybridized carbons (Fsp3) is 0.481. The molecule has 4 rings (SSSR count). The molecule has 176 valence electrons. The molecule has 2 aliphatic rings. The van der Waals surface area contributed by atoms with E-state index in [4.69, 9.17) is 11.6 Å². The smallest absolute Gasteiger partial charge is 0.255 e. The van der Waals surface area contributed by atoms with E-state index < -0.39 is 6.04 Å². The Morgan fingerprint density at radius 1 is 1.03 bits per heavy atom. The van der Waals surface area contributed by atoms with E-state index >= 15 is 0 Å². The highest BCUT2D eigenvalue weighted by Gasteiger charge is 2.40. The van der Waals surface area contributed by atoms with Gasteiger partial charge in [0.25, 0.3) is 5.91 Å². The van der Waals surface area contributed by atoms with Crippen molar-refractivity contribution in [3.05, 3.63) is 70.2 Å². The number of amides is 2. The molecule has 1 N–H and O–H groups in total. The van der Waals surface area contributed by atoms with Crippen LogP contribution in [0, 0.1) is 0 Å². The summed E-state index contributed by atoms with van der Waals surface area (Å²) < 4.78 is 0. The number of fused-ring (bicyclic) bond motifs is 1. The number of nitrogens with zero attached hydrogens (tertiary/aromatic N) is 2. The quantitative estimate of drug-likeness (QED) is 0.564. The second kappa shape index (κ2) is 10.7. The SMILES string of the molecule is CC1CCCC(C)N1CCCNC(=O)C1c2ccccc2C(=O)N1CCc1ccc(Cl)cc1. The molecule has 5 nitrogen and oxygen atoms in total. The van der Waals surface area contributed by atoms with Crippen LogP contribution in [0.2, 0.25) is 5.02 Å². The summed E-state index contributed by atoms with van der Waals surface area (Å²) in [6.45, 7) is 6.69. The normalized spacial score (nSPS) is 22.9. The average Bonchev–Trinajstić information content (AvgIpc) is 3.09. The number of benzene rings is 2. The second-order valence-electron chi connectivity index (χ2n) is 9.38. The minimum atomic E-state index is -0.575. The lowest BCUT2D eigenvalue weighted by Gasteiger charge is -2.39. The molecule has 0 aromatic heterocycles. The molecule has 2 heterocycles. The molecule has 6 heteroatoms. The molecule has 0 radical (unpaired) electrons. The van der Waals surface area contributed by atoms with Gasteiger partial charge in [-0.15, -0.1) is 0 Å². The van der Waals surface area contributed by atoms with Gasteiger partial charge in [0.05, 0.1) is 0 Å². The predicted octanol–water partition coefficient (Wildman–Crippen LogP) is 4.85. The summed E-state index contributed by atoms with van der Waals surface area (Å²) in [4.78, 5) is 30.6. The van der Waals surface area contributed by atoms with Crippen molar-refractivity contribution in [2.45, 2.75) is 64.1 Å². The van der Waals surface area contributed by atoms with Gasteiger partial charge in [0.1, 0.15) is 6.04 Å². The first kappa shape index (κ1) is 23.8. The summed E-state index contributed by atoms with van der Waals surface area (Å²) in [6, 6.07) is 15.7. The molecule has 1 saturated heterocycles. The van der Waals surface area contributed by atoms with E-state index in [0.717, 1.165) is 24.1 Å². The fourth-order valence-corrected chi connectivity index (χ4v) is 5.40. The molecule has 0 saturated carbocycles. The van der Waals surface area contributed by atoms with Gasteiger partial charge in [-0.1, -0.05) is 48.4 Å². The maximum atomic E-state index is 13.3. The molecule has 2 aromatic rings. The number of nitrogens with one attached hydrogen (secondary N) is 1. The van der Waals surface area contributed by atoms with E-state index in [9.17, 15) is 9.59 Å². The third-order valence-corrected chi connectivity index (χ3v) is 7.38. The molecular formula is C27H34ClN3O2. The summed E-state index contributed by atoms with van der Waals surface area (Å²) in [5.74, 6) is -0.167. The number of carbonyl (C=O) groups excluding carboxylic acids is 2. The molecule has 1 fully saturated rings. The van der Waals surface area contributed by atoms with Crippen LogP contribution < -0.4 is 5.32 Å². The molecular weight excluding hydrogens is 434 g/mol. The number of piperidine rings is 1. The minimum Gasteiger partial charge on any atom is -0.354 e. The molecule has 3 unspecified atom stereocenters. The van der Waals surface area contributed by atoms with Crippen LogP contribution in [0.3, 0.4) is 0 Å². The Morgan fingerprint density at radius 3 is 2.45 bits per heavy atom. The number of hydrogen-bond donors (Lipinski definition) is 1. The molecule has 33 heavy (non-hydrogen) atoms. The summed E-state index contributed by atoms with van der Waals surface area (Å²) >= 11 is 5.99. The van der Waals surface area contributed by atoms with Crippen LogP contribution in [0.15, 0.2) is 48.5 Å². The molecule has 0 spiro atoms. The Kier molecular flexibility index (Phi) is 7.71. The number of hydrogen-bond acceptors (Lipinski definition) is 3. The summed E-state index contributed by atoms with van der Waals surface area (Å²) in [6.07, 6.45) is 5.38. The lowest BCUT2D eigenvalue weighted by Crippen LogP contribution is -2.45. The number of likely N-dealkylation sites (tertiary alicyclic amines) is 1. The number of rotatable bonds is 8. The zero-order chi connectivity index (χ0) is 23.4. The number of halogens is 1. The van der Waals surface area contributed by atoms with Crippen molar-refractivity contribution in [2.75, 3.05) is 19.6 Å². The minimum absolute atomic E-state index is 0.0734. The lowest BCUT2D eigenvalue weighted by molar-refractivity contribution is -0.125. The monoisotopic (exact) mass is 467 g/mol. The van der Waals surface area contributed by atoms with Crippen molar-refractivity contribution in [1.82, 2.24) is 15.1 Å². The zero-order valence-corrected chi connectivity index (χ0v) is 20.4.